The average Bonchev–Trinajstić information content (AvgIpc) is 3.54. The van der Waals surface area contributed by atoms with Crippen molar-refractivity contribution in [2.45, 2.75) is 103 Å². The Hall–Kier alpha value is -0.0800. The van der Waals surface area contributed by atoms with E-state index in [4.69, 9.17) is 4.74 Å². The molecule has 1 aliphatic heterocycles. The SMILES string of the molecule is CCC[C@@]1(O)CC[C@@]2(C)[C@@H](CC[C@H]3[C@@H]4[C@@H]5C[C@@H]5[C@H](C5(C)CO5)[C@@]4(C)CC[C@@H]32)C1. The van der Waals surface area contributed by atoms with Gasteiger partial charge in [-0.25, -0.2) is 0 Å². The zero-order valence-electron chi connectivity index (χ0n) is 18.7. The fourth-order valence-electron chi connectivity index (χ4n) is 10.4. The van der Waals surface area contributed by atoms with Crippen LogP contribution >= 0.6 is 0 Å². The molecular formula is C26H42O2. The first kappa shape index (κ1) is 18.7. The number of rotatable bonds is 3. The van der Waals surface area contributed by atoms with Crippen molar-refractivity contribution in [1.29, 1.82) is 0 Å². The van der Waals surface area contributed by atoms with Crippen LogP contribution in [0.4, 0.5) is 0 Å². The number of ether oxygens (including phenoxy) is 1. The third kappa shape index (κ3) is 2.29. The third-order valence-corrected chi connectivity index (χ3v) is 11.6. The van der Waals surface area contributed by atoms with Crippen molar-refractivity contribution < 1.29 is 9.84 Å². The largest absolute Gasteiger partial charge is 0.390 e. The maximum absolute atomic E-state index is 11.2. The van der Waals surface area contributed by atoms with E-state index in [1.165, 1.54) is 38.5 Å². The van der Waals surface area contributed by atoms with Gasteiger partial charge >= 0.3 is 0 Å². The standard InChI is InChI=1S/C26H42O2/c1-5-9-26(27)12-11-23(2)16(14-26)6-7-17-20(23)8-10-24(3)21(17)18-13-19(18)22(24)25(4)15-28-25/h16-22,27H,5-15H2,1-4H3/t16-,17+,18+,19-,20-,21+,22-,23-,24-,25?,26+/m0/s1. The van der Waals surface area contributed by atoms with Crippen molar-refractivity contribution in [2.24, 2.45) is 52.3 Å². The summed E-state index contributed by atoms with van der Waals surface area (Å²) >= 11 is 0. The maximum atomic E-state index is 11.2. The zero-order valence-corrected chi connectivity index (χ0v) is 18.7. The molecule has 2 heteroatoms. The lowest BCUT2D eigenvalue weighted by Gasteiger charge is -2.63. The van der Waals surface area contributed by atoms with E-state index in [-0.39, 0.29) is 11.2 Å². The van der Waals surface area contributed by atoms with Gasteiger partial charge in [-0.1, -0.05) is 27.2 Å². The molecule has 0 aromatic carbocycles. The molecule has 0 amide bonds. The highest BCUT2D eigenvalue weighted by molar-refractivity contribution is 5.23. The van der Waals surface area contributed by atoms with Gasteiger partial charge in [0.15, 0.2) is 0 Å². The summed E-state index contributed by atoms with van der Waals surface area (Å²) in [5.74, 6) is 6.44. The van der Waals surface area contributed by atoms with E-state index < -0.39 is 0 Å². The topological polar surface area (TPSA) is 32.8 Å². The van der Waals surface area contributed by atoms with Crippen molar-refractivity contribution in [3.8, 4) is 0 Å². The van der Waals surface area contributed by atoms with E-state index in [1.54, 1.807) is 0 Å². The lowest BCUT2D eigenvalue weighted by atomic mass is 9.42. The number of fused-ring (bicyclic) bond motifs is 7. The molecule has 1 heterocycles. The Bertz CT molecular complexity index is 669. The van der Waals surface area contributed by atoms with Crippen LogP contribution in [0.2, 0.25) is 0 Å². The van der Waals surface area contributed by atoms with Crippen LogP contribution < -0.4 is 0 Å². The summed E-state index contributed by atoms with van der Waals surface area (Å²) in [7, 11) is 0. The first-order valence-corrected chi connectivity index (χ1v) is 12.6. The Morgan fingerprint density at radius 3 is 2.43 bits per heavy atom. The molecule has 6 aliphatic rings. The molecule has 158 valence electrons. The predicted octanol–water partition coefficient (Wildman–Crippen LogP) is 5.82. The van der Waals surface area contributed by atoms with Gasteiger partial charge in [-0.15, -0.1) is 0 Å². The number of hydrogen-bond donors (Lipinski definition) is 1. The van der Waals surface area contributed by atoms with Crippen LogP contribution in [0.5, 0.6) is 0 Å². The number of aliphatic hydroxyl groups is 1. The first-order chi connectivity index (χ1) is 13.2. The van der Waals surface area contributed by atoms with Crippen molar-refractivity contribution in [1.82, 2.24) is 0 Å². The fraction of sp³-hybridized carbons (Fsp3) is 1.00. The second-order valence-electron chi connectivity index (χ2n) is 12.9. The van der Waals surface area contributed by atoms with E-state index in [0.717, 1.165) is 73.7 Å². The van der Waals surface area contributed by atoms with Crippen molar-refractivity contribution in [3.63, 3.8) is 0 Å². The van der Waals surface area contributed by atoms with Crippen LogP contribution in [0.3, 0.4) is 0 Å². The Morgan fingerprint density at radius 2 is 1.71 bits per heavy atom. The predicted molar refractivity (Wildman–Crippen MR) is 112 cm³/mol. The number of hydrogen-bond acceptors (Lipinski definition) is 2. The van der Waals surface area contributed by atoms with Crippen LogP contribution in [0.1, 0.15) is 91.9 Å². The second-order valence-corrected chi connectivity index (χ2v) is 12.9. The van der Waals surface area contributed by atoms with Crippen LogP contribution in [0, 0.1) is 52.3 Å². The molecule has 1 saturated heterocycles. The van der Waals surface area contributed by atoms with E-state index in [0.29, 0.717) is 10.8 Å². The van der Waals surface area contributed by atoms with Gasteiger partial charge in [0, 0.05) is 0 Å². The summed E-state index contributed by atoms with van der Waals surface area (Å²) in [6, 6.07) is 0. The quantitative estimate of drug-likeness (QED) is 0.620. The van der Waals surface area contributed by atoms with Gasteiger partial charge in [0.25, 0.3) is 0 Å². The van der Waals surface area contributed by atoms with E-state index >= 15 is 0 Å². The van der Waals surface area contributed by atoms with Gasteiger partial charge in [-0.3, -0.25) is 0 Å². The second kappa shape index (κ2) is 5.58. The molecule has 2 nitrogen and oxygen atoms in total. The van der Waals surface area contributed by atoms with Crippen molar-refractivity contribution in [2.75, 3.05) is 6.61 Å². The molecule has 28 heavy (non-hydrogen) atoms. The third-order valence-electron chi connectivity index (χ3n) is 11.6. The Balaban J connectivity index is 1.28. The van der Waals surface area contributed by atoms with E-state index in [2.05, 4.69) is 27.7 Å². The van der Waals surface area contributed by atoms with Crippen LogP contribution in [-0.4, -0.2) is 22.9 Å². The summed E-state index contributed by atoms with van der Waals surface area (Å²) in [5, 5.41) is 11.2. The molecule has 11 atom stereocenters. The summed E-state index contributed by atoms with van der Waals surface area (Å²) < 4.78 is 6.05. The monoisotopic (exact) mass is 386 g/mol. The first-order valence-electron chi connectivity index (χ1n) is 12.6. The summed E-state index contributed by atoms with van der Waals surface area (Å²) in [4.78, 5) is 0. The lowest BCUT2D eigenvalue weighted by Crippen LogP contribution is -2.57. The smallest absolute Gasteiger partial charge is 0.0924 e. The van der Waals surface area contributed by atoms with Crippen molar-refractivity contribution >= 4 is 0 Å². The van der Waals surface area contributed by atoms with Gasteiger partial charge in [0.05, 0.1) is 17.8 Å². The minimum Gasteiger partial charge on any atom is -0.390 e. The molecule has 1 N–H and O–H groups in total. The normalized spacial score (nSPS) is 64.4. The van der Waals surface area contributed by atoms with Gasteiger partial charge in [-0.2, -0.15) is 0 Å². The molecular weight excluding hydrogens is 344 g/mol. The summed E-state index contributed by atoms with van der Waals surface area (Å²) in [6.45, 7) is 11.0. The van der Waals surface area contributed by atoms with E-state index in [9.17, 15) is 5.11 Å². The highest BCUT2D eigenvalue weighted by atomic mass is 16.6. The average molecular weight is 387 g/mol. The minimum atomic E-state index is -0.354. The highest BCUT2D eigenvalue weighted by Gasteiger charge is 2.75. The molecule has 0 spiro atoms. The van der Waals surface area contributed by atoms with Crippen LogP contribution in [-0.2, 0) is 4.74 Å². The Kier molecular flexibility index (Phi) is 3.72. The summed E-state index contributed by atoms with van der Waals surface area (Å²) in [5.41, 5.74) is 0.902. The molecule has 6 fully saturated rings. The molecule has 0 radical (unpaired) electrons. The number of epoxide rings is 1. The molecule has 0 aromatic heterocycles. The molecule has 0 bridgehead atoms. The van der Waals surface area contributed by atoms with Crippen molar-refractivity contribution in [3.05, 3.63) is 0 Å². The minimum absolute atomic E-state index is 0.221. The van der Waals surface area contributed by atoms with Crippen LogP contribution in [0.15, 0.2) is 0 Å². The van der Waals surface area contributed by atoms with Gasteiger partial charge in [0.2, 0.25) is 0 Å². The molecule has 1 unspecified atom stereocenters. The Morgan fingerprint density at radius 1 is 0.929 bits per heavy atom. The zero-order chi connectivity index (χ0) is 19.5. The molecule has 5 saturated carbocycles. The molecule has 6 rings (SSSR count). The maximum Gasteiger partial charge on any atom is 0.0924 e. The lowest BCUT2D eigenvalue weighted by molar-refractivity contribution is -0.159. The van der Waals surface area contributed by atoms with Gasteiger partial charge < -0.3 is 9.84 Å². The van der Waals surface area contributed by atoms with E-state index in [1.807, 2.05) is 0 Å². The van der Waals surface area contributed by atoms with Crippen LogP contribution in [0.25, 0.3) is 0 Å². The summed E-state index contributed by atoms with van der Waals surface area (Å²) in [6.07, 6.45) is 12.8. The van der Waals surface area contributed by atoms with Gasteiger partial charge in [-0.05, 0) is 117 Å². The Labute approximate surface area is 172 Å². The molecule has 0 aromatic rings. The highest BCUT2D eigenvalue weighted by Crippen LogP contribution is 2.78. The van der Waals surface area contributed by atoms with Gasteiger partial charge in [0.1, 0.15) is 0 Å². The molecule has 5 aliphatic carbocycles. The fourth-order valence-corrected chi connectivity index (χ4v) is 10.4.